The molecule has 8 nitrogen and oxygen atoms in total. The van der Waals surface area contributed by atoms with Gasteiger partial charge in [-0.05, 0) is 83.0 Å². The number of guanidine groups is 1. The Hall–Kier alpha value is -5.29. The first-order chi connectivity index (χ1) is 21.2. The first kappa shape index (κ1) is 30.2. The van der Waals surface area contributed by atoms with Gasteiger partial charge in [-0.15, -0.1) is 0 Å². The summed E-state index contributed by atoms with van der Waals surface area (Å²) in [6, 6.07) is 28.3. The van der Waals surface area contributed by atoms with Crippen LogP contribution < -0.4 is 5.32 Å². The van der Waals surface area contributed by atoms with Crippen LogP contribution in [0.4, 0.5) is 0 Å². The highest BCUT2D eigenvalue weighted by molar-refractivity contribution is 6.08. The van der Waals surface area contributed by atoms with Crippen molar-refractivity contribution in [2.75, 3.05) is 7.05 Å². The van der Waals surface area contributed by atoms with Gasteiger partial charge in [-0.2, -0.15) is 5.26 Å². The summed E-state index contributed by atoms with van der Waals surface area (Å²) in [4.78, 5) is 34.9. The molecule has 1 aromatic heterocycles. The molecule has 1 fully saturated rings. The zero-order chi connectivity index (χ0) is 31.3. The second-order valence-corrected chi connectivity index (χ2v) is 11.7. The molecule has 0 spiro atoms. The van der Waals surface area contributed by atoms with Gasteiger partial charge in [-0.3, -0.25) is 24.9 Å². The van der Waals surface area contributed by atoms with Gasteiger partial charge in [0, 0.05) is 31.5 Å². The number of carbonyl (C=O) groups excluding carboxylic acids is 2. The highest BCUT2D eigenvalue weighted by Crippen LogP contribution is 2.37. The Bertz CT molecular complexity index is 1710. The zero-order valence-electron chi connectivity index (χ0n) is 25.2. The van der Waals surface area contributed by atoms with Gasteiger partial charge in [0.1, 0.15) is 5.54 Å². The van der Waals surface area contributed by atoms with E-state index < -0.39 is 5.54 Å². The van der Waals surface area contributed by atoms with E-state index in [1.165, 1.54) is 4.90 Å². The summed E-state index contributed by atoms with van der Waals surface area (Å²) in [7, 11) is 1.74. The molecule has 0 aliphatic carbocycles. The lowest BCUT2D eigenvalue weighted by Gasteiger charge is -2.29. The molecular formula is C36H36N6O2. The second kappa shape index (κ2) is 12.9. The first-order valence-electron chi connectivity index (χ1n) is 14.7. The third-order valence-electron chi connectivity index (χ3n) is 8.02. The van der Waals surface area contributed by atoms with E-state index in [0.29, 0.717) is 30.0 Å². The number of amides is 2. The monoisotopic (exact) mass is 584 g/mol. The maximum absolute atomic E-state index is 14.3. The molecule has 222 valence electrons. The summed E-state index contributed by atoms with van der Waals surface area (Å²) in [5.41, 5.74) is 4.39. The molecule has 2 N–H and O–H groups in total. The predicted molar refractivity (Wildman–Crippen MR) is 170 cm³/mol. The number of benzene rings is 3. The molecule has 1 saturated heterocycles. The molecule has 2 amide bonds. The normalized spacial score (nSPS) is 16.1. The van der Waals surface area contributed by atoms with Crippen molar-refractivity contribution in [3.8, 4) is 17.2 Å². The number of rotatable bonds is 10. The molecule has 1 aliphatic rings. The molecule has 0 radical (unpaired) electrons. The predicted octanol–water partition coefficient (Wildman–Crippen LogP) is 6.09. The van der Waals surface area contributed by atoms with Crippen molar-refractivity contribution >= 4 is 17.8 Å². The van der Waals surface area contributed by atoms with Crippen molar-refractivity contribution in [3.63, 3.8) is 0 Å². The maximum atomic E-state index is 14.3. The van der Waals surface area contributed by atoms with Crippen LogP contribution in [0.1, 0.15) is 59.3 Å². The summed E-state index contributed by atoms with van der Waals surface area (Å²) < 4.78 is 0. The molecule has 1 aliphatic heterocycles. The Balaban J connectivity index is 1.38. The van der Waals surface area contributed by atoms with Gasteiger partial charge in [0.15, 0.2) is 5.96 Å². The molecule has 5 rings (SSSR count). The van der Waals surface area contributed by atoms with Gasteiger partial charge in [-0.25, -0.2) is 0 Å². The second-order valence-electron chi connectivity index (χ2n) is 11.7. The van der Waals surface area contributed by atoms with Crippen LogP contribution in [0.2, 0.25) is 0 Å². The third-order valence-corrected chi connectivity index (χ3v) is 8.02. The number of hydrogen-bond donors (Lipinski definition) is 2. The lowest BCUT2D eigenvalue weighted by molar-refractivity contribution is -0.132. The quantitative estimate of drug-likeness (QED) is 0.234. The molecule has 1 atom stereocenters. The Kier molecular flexibility index (Phi) is 8.86. The van der Waals surface area contributed by atoms with Crippen molar-refractivity contribution in [2.45, 2.75) is 45.3 Å². The Morgan fingerprint density at radius 3 is 2.48 bits per heavy atom. The third kappa shape index (κ3) is 6.37. The van der Waals surface area contributed by atoms with E-state index in [9.17, 15) is 9.59 Å². The number of nitrogens with zero attached hydrogens (tertiary/aromatic N) is 4. The minimum absolute atomic E-state index is 0.0419. The molecule has 0 saturated carbocycles. The zero-order valence-corrected chi connectivity index (χ0v) is 25.2. The van der Waals surface area contributed by atoms with Crippen LogP contribution in [0, 0.1) is 22.7 Å². The van der Waals surface area contributed by atoms with E-state index >= 15 is 0 Å². The first-order valence-corrected chi connectivity index (χ1v) is 14.7. The van der Waals surface area contributed by atoms with Crippen molar-refractivity contribution in [3.05, 3.63) is 125 Å². The highest BCUT2D eigenvalue weighted by Gasteiger charge is 2.50. The van der Waals surface area contributed by atoms with Gasteiger partial charge in [0.2, 0.25) is 0 Å². The minimum Gasteiger partial charge on any atom is -0.338 e. The van der Waals surface area contributed by atoms with E-state index in [2.05, 4.69) is 30.2 Å². The smallest absolute Gasteiger partial charge is 0.260 e. The van der Waals surface area contributed by atoms with Crippen molar-refractivity contribution in [2.24, 2.45) is 5.92 Å². The van der Waals surface area contributed by atoms with Crippen LogP contribution in [-0.2, 0) is 23.4 Å². The largest absolute Gasteiger partial charge is 0.338 e. The highest BCUT2D eigenvalue weighted by atomic mass is 16.2. The number of carbonyl (C=O) groups is 2. The van der Waals surface area contributed by atoms with Crippen LogP contribution >= 0.6 is 0 Å². The fraction of sp³-hybridized carbons (Fsp3) is 0.250. The van der Waals surface area contributed by atoms with Gasteiger partial charge >= 0.3 is 0 Å². The number of nitriles is 1. The lowest BCUT2D eigenvalue weighted by Crippen LogP contribution is -2.44. The van der Waals surface area contributed by atoms with Crippen LogP contribution in [-0.4, -0.2) is 39.6 Å². The molecule has 3 aromatic carbocycles. The van der Waals surface area contributed by atoms with E-state index in [1.807, 2.05) is 54.6 Å². The maximum Gasteiger partial charge on any atom is 0.260 e. The number of aromatic nitrogens is 1. The average Bonchev–Trinajstić information content (AvgIpc) is 3.29. The number of pyridine rings is 1. The molecule has 2 heterocycles. The summed E-state index contributed by atoms with van der Waals surface area (Å²) in [6.45, 7) is 4.81. The van der Waals surface area contributed by atoms with E-state index in [1.54, 1.807) is 54.7 Å². The van der Waals surface area contributed by atoms with Crippen LogP contribution in [0.3, 0.4) is 0 Å². The number of nitrogens with one attached hydrogen (secondary N) is 2. The van der Waals surface area contributed by atoms with E-state index in [0.717, 1.165) is 34.2 Å². The van der Waals surface area contributed by atoms with Crippen LogP contribution in [0.25, 0.3) is 11.1 Å². The van der Waals surface area contributed by atoms with Crippen molar-refractivity contribution in [1.82, 2.24) is 20.1 Å². The molecule has 44 heavy (non-hydrogen) atoms. The topological polar surface area (TPSA) is 113 Å². The molecule has 1 unspecified atom stereocenters. The van der Waals surface area contributed by atoms with Crippen LogP contribution in [0.5, 0.6) is 0 Å². The molecular weight excluding hydrogens is 548 g/mol. The summed E-state index contributed by atoms with van der Waals surface area (Å²) in [5.74, 6) is 0.0761. The number of hydrogen-bond acceptors (Lipinski definition) is 5. The summed E-state index contributed by atoms with van der Waals surface area (Å²) in [6.07, 6.45) is 4.87. The van der Waals surface area contributed by atoms with E-state index in [-0.39, 0.29) is 24.3 Å². The van der Waals surface area contributed by atoms with Crippen molar-refractivity contribution in [1.29, 1.82) is 10.7 Å². The van der Waals surface area contributed by atoms with E-state index in [4.69, 9.17) is 10.7 Å². The summed E-state index contributed by atoms with van der Waals surface area (Å²) in [5, 5.41) is 21.2. The summed E-state index contributed by atoms with van der Waals surface area (Å²) >= 11 is 0. The van der Waals surface area contributed by atoms with Gasteiger partial charge in [0.05, 0.1) is 18.2 Å². The molecule has 4 aromatic rings. The molecule has 0 bridgehead atoms. The average molecular weight is 585 g/mol. The Labute approximate surface area is 258 Å². The van der Waals surface area contributed by atoms with Gasteiger partial charge < -0.3 is 10.2 Å². The Morgan fingerprint density at radius 2 is 1.77 bits per heavy atom. The minimum atomic E-state index is -1.08. The van der Waals surface area contributed by atoms with Crippen LogP contribution in [0.15, 0.2) is 97.3 Å². The van der Waals surface area contributed by atoms with Crippen molar-refractivity contribution < 1.29 is 9.59 Å². The fourth-order valence-electron chi connectivity index (χ4n) is 5.55. The standard InChI is InChI=1S/C36H36N6O2/c1-25(2)16-17-36(32-11-5-8-29(20-32)31-10-6-18-39-22-31)34(44)42(35(38)40-36)24-28-7-4-9-30(19-28)33(43)41(3)23-27-14-12-26(21-37)13-15-27/h4-15,18-20,22,25H,16-17,23-24H2,1-3H3,(H2,38,40). The fourth-order valence-corrected chi connectivity index (χ4v) is 5.55. The SMILES string of the molecule is CC(C)CCC1(c2cccc(-c3cccnc3)c2)NC(=N)N(Cc2cccc(C(=O)N(C)Cc3ccc(C#N)cc3)c2)C1=O. The van der Waals surface area contributed by atoms with Gasteiger partial charge in [0.25, 0.3) is 11.8 Å². The lowest BCUT2D eigenvalue weighted by atomic mass is 9.82. The molecule has 8 heteroatoms. The van der Waals surface area contributed by atoms with Gasteiger partial charge in [-0.1, -0.05) is 62.4 Å². The Morgan fingerprint density at radius 1 is 1.02 bits per heavy atom.